The topological polar surface area (TPSA) is 59.4 Å². The number of hydrogen-bond donors (Lipinski definition) is 1. The Kier molecular flexibility index (Phi) is 2.33. The summed E-state index contributed by atoms with van der Waals surface area (Å²) in [7, 11) is 6.69. The van der Waals surface area contributed by atoms with Crippen LogP contribution in [0.1, 0.15) is 10.4 Å². The molecular weight excluding hydrogens is 157 g/mol. The monoisotopic (exact) mass is 163 g/mol. The molecule has 0 unspecified atom stereocenters. The maximum absolute atomic E-state index is 10.6. The highest BCUT2D eigenvalue weighted by molar-refractivity contribution is 6.32. The normalized spacial score (nSPS) is 9.42. The van der Waals surface area contributed by atoms with Crippen LogP contribution in [-0.2, 0) is 0 Å². The van der Waals surface area contributed by atoms with E-state index in [1.165, 1.54) is 19.4 Å². The molecule has 0 aliphatic heterocycles. The molecule has 1 heterocycles. The molecule has 5 heteroatoms. The summed E-state index contributed by atoms with van der Waals surface area (Å²) in [6.07, 6.45) is 1.34. The van der Waals surface area contributed by atoms with Crippen LogP contribution in [0, 0.1) is 0 Å². The molecule has 1 rings (SSSR count). The molecule has 0 aromatic carbocycles. The van der Waals surface area contributed by atoms with Crippen LogP contribution in [0.3, 0.4) is 0 Å². The predicted octanol–water partition coefficient (Wildman–Crippen LogP) is -0.418. The van der Waals surface area contributed by atoms with Crippen molar-refractivity contribution in [2.75, 3.05) is 7.11 Å². The van der Waals surface area contributed by atoms with E-state index in [1.807, 2.05) is 0 Å². The highest BCUT2D eigenvalue weighted by Gasteiger charge is 2.11. The second kappa shape index (κ2) is 3.25. The first-order chi connectivity index (χ1) is 5.65. The molecule has 12 heavy (non-hydrogen) atoms. The summed E-state index contributed by atoms with van der Waals surface area (Å²) in [6, 6.07) is 1.30. The summed E-state index contributed by atoms with van der Waals surface area (Å²) in [4.78, 5) is 14.2. The number of nitrogens with zero attached hydrogens (tertiary/aromatic N) is 1. The van der Waals surface area contributed by atoms with Crippen LogP contribution in [0.15, 0.2) is 12.3 Å². The quantitative estimate of drug-likeness (QED) is 0.601. The molecule has 0 bridgehead atoms. The lowest BCUT2D eigenvalue weighted by Crippen LogP contribution is -2.10. The number of ether oxygens (including phenoxy) is 1. The lowest BCUT2D eigenvalue weighted by molar-refractivity contribution is 0.0692. The third-order valence-electron chi connectivity index (χ3n) is 1.30. The van der Waals surface area contributed by atoms with Gasteiger partial charge < -0.3 is 9.84 Å². The summed E-state index contributed by atoms with van der Waals surface area (Å²) in [5.74, 6) is -1.04. The third kappa shape index (κ3) is 1.55. The third-order valence-corrected chi connectivity index (χ3v) is 1.30. The van der Waals surface area contributed by atoms with Crippen molar-refractivity contribution in [3.05, 3.63) is 17.8 Å². The molecule has 1 aromatic heterocycles. The standard InChI is InChI=1S/C7H6BNO3/c1-12-6-5(7(10)11)2-4(8)3-9-6/h2-3H,1H3,(H,10,11). The van der Waals surface area contributed by atoms with Gasteiger partial charge in [0.05, 0.1) is 7.11 Å². The summed E-state index contributed by atoms with van der Waals surface area (Å²) in [5, 5.41) is 8.65. The number of aromatic carboxylic acids is 1. The molecule has 1 N–H and O–H groups in total. The fraction of sp³-hybridized carbons (Fsp3) is 0.143. The number of carboxylic acid groups (broad SMARTS) is 1. The Hall–Kier alpha value is -1.52. The Morgan fingerprint density at radius 2 is 2.42 bits per heavy atom. The van der Waals surface area contributed by atoms with Gasteiger partial charge in [0.1, 0.15) is 13.4 Å². The number of rotatable bonds is 2. The van der Waals surface area contributed by atoms with E-state index in [9.17, 15) is 4.79 Å². The molecule has 0 fully saturated rings. The van der Waals surface area contributed by atoms with Crippen LogP contribution >= 0.6 is 0 Å². The van der Waals surface area contributed by atoms with Crippen LogP contribution in [0.5, 0.6) is 5.88 Å². The van der Waals surface area contributed by atoms with Crippen molar-refractivity contribution in [3.8, 4) is 5.88 Å². The highest BCUT2D eigenvalue weighted by atomic mass is 16.5. The molecule has 0 amide bonds. The largest absolute Gasteiger partial charge is 0.480 e. The van der Waals surface area contributed by atoms with Crippen molar-refractivity contribution in [1.29, 1.82) is 0 Å². The van der Waals surface area contributed by atoms with Gasteiger partial charge in [0, 0.05) is 6.20 Å². The second-order valence-corrected chi connectivity index (χ2v) is 2.13. The van der Waals surface area contributed by atoms with E-state index in [0.717, 1.165) is 0 Å². The van der Waals surface area contributed by atoms with Crippen molar-refractivity contribution >= 4 is 19.3 Å². The van der Waals surface area contributed by atoms with Crippen molar-refractivity contribution < 1.29 is 14.6 Å². The summed E-state index contributed by atoms with van der Waals surface area (Å²) in [6.45, 7) is 0. The zero-order valence-electron chi connectivity index (χ0n) is 6.44. The van der Waals surface area contributed by atoms with Crippen LogP contribution in [0.4, 0.5) is 0 Å². The minimum absolute atomic E-state index is 0.0301. The molecule has 0 saturated carbocycles. The van der Waals surface area contributed by atoms with Crippen molar-refractivity contribution in [2.45, 2.75) is 0 Å². The van der Waals surface area contributed by atoms with E-state index in [4.69, 9.17) is 17.7 Å². The first kappa shape index (κ1) is 8.58. The zero-order valence-corrected chi connectivity index (χ0v) is 6.44. The highest BCUT2D eigenvalue weighted by Crippen LogP contribution is 2.11. The van der Waals surface area contributed by atoms with E-state index in [-0.39, 0.29) is 11.4 Å². The van der Waals surface area contributed by atoms with Crippen LogP contribution < -0.4 is 10.2 Å². The Morgan fingerprint density at radius 1 is 1.75 bits per heavy atom. The van der Waals surface area contributed by atoms with Gasteiger partial charge in [-0.3, -0.25) is 0 Å². The number of carbonyl (C=O) groups is 1. The SMILES string of the molecule is [B]c1cnc(OC)c(C(=O)O)c1. The molecule has 60 valence electrons. The molecular formula is C7H6BNO3. The van der Waals surface area contributed by atoms with Gasteiger partial charge >= 0.3 is 5.97 Å². The van der Waals surface area contributed by atoms with Crippen LogP contribution in [0.25, 0.3) is 0 Å². The Morgan fingerprint density at radius 3 is 2.92 bits per heavy atom. The first-order valence-electron chi connectivity index (χ1n) is 3.18. The van der Waals surface area contributed by atoms with Gasteiger partial charge in [0.25, 0.3) is 0 Å². The lowest BCUT2D eigenvalue weighted by Gasteiger charge is -2.03. The van der Waals surface area contributed by atoms with Crippen molar-refractivity contribution in [2.24, 2.45) is 0 Å². The predicted molar refractivity (Wildman–Crippen MR) is 43.1 cm³/mol. The maximum atomic E-state index is 10.6. The molecule has 0 atom stereocenters. The first-order valence-corrected chi connectivity index (χ1v) is 3.18. The van der Waals surface area contributed by atoms with Gasteiger partial charge in [0.2, 0.25) is 5.88 Å². The average molecular weight is 163 g/mol. The smallest absolute Gasteiger partial charge is 0.341 e. The van der Waals surface area contributed by atoms with Gasteiger partial charge in [-0.25, -0.2) is 9.78 Å². The minimum atomic E-state index is -1.10. The van der Waals surface area contributed by atoms with Crippen LogP contribution in [0.2, 0.25) is 0 Å². The summed E-state index contributed by atoms with van der Waals surface area (Å²) < 4.78 is 4.71. The Bertz CT molecular complexity index is 314. The number of hydrogen-bond acceptors (Lipinski definition) is 3. The number of aromatic nitrogens is 1. The average Bonchev–Trinajstić information content (AvgIpc) is 2.04. The molecule has 2 radical (unpaired) electrons. The minimum Gasteiger partial charge on any atom is -0.480 e. The van der Waals surface area contributed by atoms with Crippen molar-refractivity contribution in [3.63, 3.8) is 0 Å². The maximum Gasteiger partial charge on any atom is 0.341 e. The van der Waals surface area contributed by atoms with E-state index in [0.29, 0.717) is 5.46 Å². The zero-order chi connectivity index (χ0) is 9.14. The lowest BCUT2D eigenvalue weighted by atomic mass is 9.97. The number of pyridine rings is 1. The van der Waals surface area contributed by atoms with E-state index in [2.05, 4.69) is 4.98 Å². The second-order valence-electron chi connectivity index (χ2n) is 2.13. The van der Waals surface area contributed by atoms with Gasteiger partial charge in [-0.2, -0.15) is 0 Å². The Balaban J connectivity index is 3.21. The fourth-order valence-electron chi connectivity index (χ4n) is 0.784. The molecule has 0 aliphatic carbocycles. The molecule has 4 nitrogen and oxygen atoms in total. The molecule has 0 aliphatic rings. The number of methoxy groups -OCH3 is 1. The van der Waals surface area contributed by atoms with Crippen LogP contribution in [-0.4, -0.2) is 31.0 Å². The van der Waals surface area contributed by atoms with Crippen molar-refractivity contribution in [1.82, 2.24) is 4.98 Å². The molecule has 1 aromatic rings. The Labute approximate surface area is 70.6 Å². The van der Waals surface area contributed by atoms with Gasteiger partial charge in [-0.05, 0) is 6.07 Å². The summed E-state index contributed by atoms with van der Waals surface area (Å²) >= 11 is 0. The number of carboxylic acids is 1. The molecule has 0 saturated heterocycles. The van der Waals surface area contributed by atoms with Gasteiger partial charge in [0.15, 0.2) is 0 Å². The van der Waals surface area contributed by atoms with E-state index < -0.39 is 5.97 Å². The van der Waals surface area contributed by atoms with E-state index in [1.54, 1.807) is 0 Å². The van der Waals surface area contributed by atoms with Gasteiger partial charge in [-0.15, -0.1) is 0 Å². The fourth-order valence-corrected chi connectivity index (χ4v) is 0.784. The molecule has 0 spiro atoms. The van der Waals surface area contributed by atoms with Gasteiger partial charge in [-0.1, -0.05) is 5.46 Å². The van der Waals surface area contributed by atoms with E-state index >= 15 is 0 Å². The summed E-state index contributed by atoms with van der Waals surface area (Å²) in [5.41, 5.74) is 0.269.